The molecule has 0 unspecified atom stereocenters. The second-order valence-electron chi connectivity index (χ2n) is 4.98. The maximum Gasteiger partial charge on any atom is 0.312 e. The number of H-pyrrole nitrogens is 1. The van der Waals surface area contributed by atoms with E-state index in [1.807, 2.05) is 31.2 Å². The number of aromatic amines is 1. The van der Waals surface area contributed by atoms with Crippen molar-refractivity contribution in [3.8, 4) is 0 Å². The van der Waals surface area contributed by atoms with E-state index in [2.05, 4.69) is 20.8 Å². The fourth-order valence-corrected chi connectivity index (χ4v) is 2.22. The number of nitrogens with two attached hydrogens (primary N) is 1. The number of aryl methyl sites for hydroxylation is 1. The third kappa shape index (κ3) is 4.34. The molecule has 0 radical (unpaired) electrons. The number of nitrogens with one attached hydrogen (secondary N) is 3. The van der Waals surface area contributed by atoms with E-state index in [-0.39, 0.29) is 12.3 Å². The molecule has 0 aliphatic rings. The zero-order valence-electron chi connectivity index (χ0n) is 12.3. The Morgan fingerprint density at radius 1 is 1.32 bits per heavy atom. The van der Waals surface area contributed by atoms with Crippen molar-refractivity contribution in [2.24, 2.45) is 5.73 Å². The molecule has 2 rings (SSSR count). The Hall–Kier alpha value is -2.83. The molecule has 0 spiro atoms. The van der Waals surface area contributed by atoms with Crippen LogP contribution in [-0.2, 0) is 11.3 Å². The normalized spacial score (nSPS) is 11.7. The van der Waals surface area contributed by atoms with Gasteiger partial charge >= 0.3 is 6.03 Å². The van der Waals surface area contributed by atoms with Crippen LogP contribution in [0.5, 0.6) is 0 Å². The highest BCUT2D eigenvalue weighted by atomic mass is 16.2. The van der Waals surface area contributed by atoms with Gasteiger partial charge in [0.1, 0.15) is 0 Å². The molecule has 7 heteroatoms. The summed E-state index contributed by atoms with van der Waals surface area (Å²) in [7, 11) is 0. The number of carbonyl (C=O) groups excluding carboxylic acids is 2. The predicted molar refractivity (Wildman–Crippen MR) is 81.7 cm³/mol. The van der Waals surface area contributed by atoms with E-state index < -0.39 is 12.1 Å². The summed E-state index contributed by atoms with van der Waals surface area (Å²) in [6, 6.07) is 8.22. The molecule has 1 atom stereocenters. The van der Waals surface area contributed by atoms with Crippen LogP contribution < -0.4 is 16.4 Å². The minimum atomic E-state index is -0.658. The van der Waals surface area contributed by atoms with Crippen LogP contribution in [0.25, 0.3) is 0 Å². The Labute approximate surface area is 128 Å². The first-order chi connectivity index (χ1) is 10.6. The first-order valence-corrected chi connectivity index (χ1v) is 6.92. The van der Waals surface area contributed by atoms with Gasteiger partial charge in [0.15, 0.2) is 0 Å². The minimum Gasteiger partial charge on any atom is -0.352 e. The zero-order chi connectivity index (χ0) is 15.9. The molecule has 3 amide bonds. The molecule has 0 bridgehead atoms. The third-order valence-corrected chi connectivity index (χ3v) is 3.30. The van der Waals surface area contributed by atoms with Crippen molar-refractivity contribution in [3.05, 3.63) is 53.3 Å². The fraction of sp³-hybridized carbons (Fsp3) is 0.267. The van der Waals surface area contributed by atoms with Gasteiger partial charge in [-0.1, -0.05) is 24.3 Å². The van der Waals surface area contributed by atoms with Gasteiger partial charge in [0.2, 0.25) is 5.91 Å². The van der Waals surface area contributed by atoms with Crippen LogP contribution >= 0.6 is 0 Å². The lowest BCUT2D eigenvalue weighted by molar-refractivity contribution is -0.121. The number of aromatic nitrogens is 2. The predicted octanol–water partition coefficient (Wildman–Crippen LogP) is 1.13. The minimum absolute atomic E-state index is 0.113. The highest BCUT2D eigenvalue weighted by Crippen LogP contribution is 2.20. The lowest BCUT2D eigenvalue weighted by atomic mass is 9.98. The highest BCUT2D eigenvalue weighted by molar-refractivity contribution is 5.78. The number of benzene rings is 1. The van der Waals surface area contributed by atoms with Crippen LogP contribution in [0.1, 0.15) is 29.3 Å². The van der Waals surface area contributed by atoms with Gasteiger partial charge < -0.3 is 16.4 Å². The van der Waals surface area contributed by atoms with Gasteiger partial charge in [0, 0.05) is 6.20 Å². The van der Waals surface area contributed by atoms with Crippen molar-refractivity contribution in [1.82, 2.24) is 20.8 Å². The number of hydrogen-bond donors (Lipinski definition) is 4. The number of amides is 3. The summed E-state index contributed by atoms with van der Waals surface area (Å²) < 4.78 is 0. The molecule has 22 heavy (non-hydrogen) atoms. The summed E-state index contributed by atoms with van der Waals surface area (Å²) in [4.78, 5) is 23.3. The lowest BCUT2D eigenvalue weighted by Gasteiger charge is -2.19. The zero-order valence-corrected chi connectivity index (χ0v) is 12.3. The summed E-state index contributed by atoms with van der Waals surface area (Å²) in [5.74, 6) is -0.184. The molecule has 7 nitrogen and oxygen atoms in total. The Balaban J connectivity index is 2.01. The molecule has 0 aliphatic heterocycles. The van der Waals surface area contributed by atoms with Crippen LogP contribution in [0.2, 0.25) is 0 Å². The summed E-state index contributed by atoms with van der Waals surface area (Å²) in [5, 5.41) is 12.0. The SMILES string of the molecule is Cc1ccccc1[C@@H](CC(=O)NCc1ccn[nH]1)NC(N)=O. The number of nitrogens with zero attached hydrogens (tertiary/aromatic N) is 1. The number of hydrogen-bond acceptors (Lipinski definition) is 3. The van der Waals surface area contributed by atoms with Crippen LogP contribution in [0.4, 0.5) is 4.79 Å². The van der Waals surface area contributed by atoms with E-state index >= 15 is 0 Å². The molecule has 5 N–H and O–H groups in total. The van der Waals surface area contributed by atoms with E-state index in [1.165, 1.54) is 0 Å². The van der Waals surface area contributed by atoms with Gasteiger partial charge in [0.05, 0.1) is 24.7 Å². The summed E-state index contributed by atoms with van der Waals surface area (Å²) in [6.07, 6.45) is 1.73. The van der Waals surface area contributed by atoms with Crippen molar-refractivity contribution < 1.29 is 9.59 Å². The van der Waals surface area contributed by atoms with Gasteiger partial charge in [-0.2, -0.15) is 5.10 Å². The molecule has 1 aromatic heterocycles. The van der Waals surface area contributed by atoms with Crippen molar-refractivity contribution in [3.63, 3.8) is 0 Å². The van der Waals surface area contributed by atoms with Gasteiger partial charge in [-0.25, -0.2) is 4.79 Å². The number of rotatable bonds is 6. The summed E-state index contributed by atoms with van der Waals surface area (Å²) >= 11 is 0. The van der Waals surface area contributed by atoms with E-state index in [1.54, 1.807) is 12.3 Å². The summed E-state index contributed by atoms with van der Waals surface area (Å²) in [6.45, 7) is 2.28. The Morgan fingerprint density at radius 3 is 2.73 bits per heavy atom. The van der Waals surface area contributed by atoms with E-state index in [4.69, 9.17) is 5.73 Å². The smallest absolute Gasteiger partial charge is 0.312 e. The average molecular weight is 301 g/mol. The molecule has 1 aromatic carbocycles. The first-order valence-electron chi connectivity index (χ1n) is 6.92. The van der Waals surface area contributed by atoms with Gasteiger partial charge in [0.25, 0.3) is 0 Å². The van der Waals surface area contributed by atoms with E-state index in [0.717, 1.165) is 16.8 Å². The average Bonchev–Trinajstić information content (AvgIpc) is 2.98. The molecular weight excluding hydrogens is 282 g/mol. The second-order valence-corrected chi connectivity index (χ2v) is 4.98. The Morgan fingerprint density at radius 2 is 2.09 bits per heavy atom. The van der Waals surface area contributed by atoms with Crippen LogP contribution in [0.3, 0.4) is 0 Å². The Kier molecular flexibility index (Phi) is 5.13. The quantitative estimate of drug-likeness (QED) is 0.641. The van der Waals surface area contributed by atoms with Crippen LogP contribution in [0.15, 0.2) is 36.5 Å². The standard InChI is InChI=1S/C15H19N5O2/c1-10-4-2-3-5-12(10)13(19-15(16)22)8-14(21)17-9-11-6-7-18-20-11/h2-7,13H,8-9H2,1H3,(H,17,21)(H,18,20)(H3,16,19,22)/t13-/m1/s1. The van der Waals surface area contributed by atoms with Crippen LogP contribution in [0, 0.1) is 6.92 Å². The number of primary amides is 1. The van der Waals surface area contributed by atoms with Crippen molar-refractivity contribution in [2.45, 2.75) is 25.9 Å². The summed E-state index contributed by atoms with van der Waals surface area (Å²) in [5.41, 5.74) is 7.88. The second kappa shape index (κ2) is 7.26. The van der Waals surface area contributed by atoms with Gasteiger partial charge in [-0.15, -0.1) is 0 Å². The molecule has 2 aromatic rings. The topological polar surface area (TPSA) is 113 Å². The third-order valence-electron chi connectivity index (χ3n) is 3.30. The molecule has 0 saturated heterocycles. The maximum atomic E-state index is 12.1. The monoisotopic (exact) mass is 301 g/mol. The Bertz CT molecular complexity index is 639. The number of carbonyl (C=O) groups is 2. The molecule has 0 saturated carbocycles. The number of urea groups is 1. The van der Waals surface area contributed by atoms with Gasteiger partial charge in [-0.05, 0) is 24.1 Å². The van der Waals surface area contributed by atoms with Gasteiger partial charge in [-0.3, -0.25) is 9.89 Å². The fourth-order valence-electron chi connectivity index (χ4n) is 2.22. The van der Waals surface area contributed by atoms with E-state index in [9.17, 15) is 9.59 Å². The first kappa shape index (κ1) is 15.6. The van der Waals surface area contributed by atoms with E-state index in [0.29, 0.717) is 6.54 Å². The molecular formula is C15H19N5O2. The highest BCUT2D eigenvalue weighted by Gasteiger charge is 2.18. The van der Waals surface area contributed by atoms with Crippen molar-refractivity contribution in [1.29, 1.82) is 0 Å². The van der Waals surface area contributed by atoms with Crippen molar-refractivity contribution in [2.75, 3.05) is 0 Å². The molecule has 1 heterocycles. The van der Waals surface area contributed by atoms with Crippen LogP contribution in [-0.4, -0.2) is 22.1 Å². The largest absolute Gasteiger partial charge is 0.352 e. The lowest BCUT2D eigenvalue weighted by Crippen LogP contribution is -2.36. The van der Waals surface area contributed by atoms with Crippen molar-refractivity contribution >= 4 is 11.9 Å². The molecule has 116 valence electrons. The molecule has 0 aliphatic carbocycles. The molecule has 0 fully saturated rings. The maximum absolute atomic E-state index is 12.1.